The molecule has 9 heteroatoms. The molecule has 0 aliphatic heterocycles. The number of hydrogen-bond acceptors (Lipinski definition) is 5. The number of ether oxygens (including phenoxy) is 2. The fourth-order valence-electron chi connectivity index (χ4n) is 2.79. The van der Waals surface area contributed by atoms with E-state index in [4.69, 9.17) is 9.47 Å². The maximum Gasteiger partial charge on any atom is 0.254 e. The van der Waals surface area contributed by atoms with Gasteiger partial charge in [0.15, 0.2) is 11.5 Å². The van der Waals surface area contributed by atoms with Crippen molar-refractivity contribution < 1.29 is 22.7 Å². The van der Waals surface area contributed by atoms with Crippen LogP contribution in [0.15, 0.2) is 40.9 Å². The van der Waals surface area contributed by atoms with E-state index in [1.807, 2.05) is 31.2 Å². The SMILES string of the molecule is CCS(=O)(=O)N(C)c1cc(OC)c(OC)cc1C(=O)N[C@H](C)c1cccc(Br)c1. The summed E-state index contributed by atoms with van der Waals surface area (Å²) in [5, 5.41) is 2.92. The topological polar surface area (TPSA) is 84.9 Å². The minimum atomic E-state index is -3.59. The van der Waals surface area contributed by atoms with Gasteiger partial charge in [-0.2, -0.15) is 0 Å². The van der Waals surface area contributed by atoms with Gasteiger partial charge in [0, 0.05) is 17.6 Å². The average molecular weight is 485 g/mol. The van der Waals surface area contributed by atoms with Crippen LogP contribution >= 0.6 is 15.9 Å². The molecule has 0 heterocycles. The zero-order valence-electron chi connectivity index (χ0n) is 17.0. The molecule has 2 rings (SSSR count). The first-order chi connectivity index (χ1) is 13.6. The number of anilines is 1. The van der Waals surface area contributed by atoms with Crippen molar-refractivity contribution in [2.24, 2.45) is 0 Å². The highest BCUT2D eigenvalue weighted by Gasteiger charge is 2.25. The molecule has 1 amide bonds. The highest BCUT2D eigenvalue weighted by molar-refractivity contribution is 9.10. The van der Waals surface area contributed by atoms with Gasteiger partial charge in [0.05, 0.1) is 37.3 Å². The number of nitrogens with one attached hydrogen (secondary N) is 1. The Morgan fingerprint density at radius 3 is 2.34 bits per heavy atom. The molecule has 0 spiro atoms. The Bertz CT molecular complexity index is 994. The predicted molar refractivity (Wildman–Crippen MR) is 117 cm³/mol. The van der Waals surface area contributed by atoms with E-state index in [1.54, 1.807) is 6.92 Å². The van der Waals surface area contributed by atoms with E-state index in [-0.39, 0.29) is 23.0 Å². The van der Waals surface area contributed by atoms with Crippen LogP contribution in [0.3, 0.4) is 0 Å². The van der Waals surface area contributed by atoms with Crippen LogP contribution in [0.2, 0.25) is 0 Å². The largest absolute Gasteiger partial charge is 0.493 e. The van der Waals surface area contributed by atoms with Crippen LogP contribution < -0.4 is 19.1 Å². The van der Waals surface area contributed by atoms with E-state index in [0.717, 1.165) is 14.3 Å². The van der Waals surface area contributed by atoms with Crippen LogP contribution in [0.5, 0.6) is 11.5 Å². The lowest BCUT2D eigenvalue weighted by atomic mass is 10.1. The summed E-state index contributed by atoms with van der Waals surface area (Å²) in [7, 11) is 0.728. The van der Waals surface area contributed by atoms with Gasteiger partial charge < -0.3 is 14.8 Å². The van der Waals surface area contributed by atoms with Crippen molar-refractivity contribution >= 4 is 37.5 Å². The maximum absolute atomic E-state index is 13.1. The summed E-state index contributed by atoms with van der Waals surface area (Å²) in [4.78, 5) is 13.1. The third-order valence-corrected chi connectivity index (χ3v) is 6.82. The number of amides is 1. The number of halogens is 1. The molecular formula is C20H25BrN2O5S. The van der Waals surface area contributed by atoms with E-state index in [9.17, 15) is 13.2 Å². The molecule has 0 bridgehead atoms. The molecule has 0 unspecified atom stereocenters. The highest BCUT2D eigenvalue weighted by Crippen LogP contribution is 2.36. The van der Waals surface area contributed by atoms with Crippen molar-refractivity contribution in [2.45, 2.75) is 19.9 Å². The molecule has 2 aromatic rings. The fourth-order valence-corrected chi connectivity index (χ4v) is 4.04. The Morgan fingerprint density at radius 2 is 1.79 bits per heavy atom. The third-order valence-electron chi connectivity index (χ3n) is 4.56. The molecule has 0 radical (unpaired) electrons. The van der Waals surface area contributed by atoms with E-state index >= 15 is 0 Å². The molecule has 0 aromatic heterocycles. The minimum Gasteiger partial charge on any atom is -0.493 e. The van der Waals surface area contributed by atoms with E-state index in [1.165, 1.54) is 33.4 Å². The average Bonchev–Trinajstić information content (AvgIpc) is 2.71. The molecule has 7 nitrogen and oxygen atoms in total. The van der Waals surface area contributed by atoms with E-state index in [0.29, 0.717) is 11.5 Å². The molecule has 0 aliphatic carbocycles. The maximum atomic E-state index is 13.1. The monoisotopic (exact) mass is 484 g/mol. The van der Waals surface area contributed by atoms with Gasteiger partial charge in [0.25, 0.3) is 5.91 Å². The smallest absolute Gasteiger partial charge is 0.254 e. The number of sulfonamides is 1. The Morgan fingerprint density at radius 1 is 1.17 bits per heavy atom. The molecule has 29 heavy (non-hydrogen) atoms. The number of carbonyl (C=O) groups excluding carboxylic acids is 1. The highest BCUT2D eigenvalue weighted by atomic mass is 79.9. The number of methoxy groups -OCH3 is 2. The standard InChI is InChI=1S/C20H25BrN2O5S/c1-6-29(25,26)23(3)17-12-19(28-5)18(27-4)11-16(17)20(24)22-13(2)14-8-7-9-15(21)10-14/h7-13H,6H2,1-5H3,(H,22,24)/t13-/m1/s1. The van der Waals surface area contributed by atoms with Gasteiger partial charge in [-0.3, -0.25) is 9.10 Å². The number of carbonyl (C=O) groups is 1. The van der Waals surface area contributed by atoms with Gasteiger partial charge in [0.2, 0.25) is 10.0 Å². The van der Waals surface area contributed by atoms with Crippen molar-refractivity contribution in [3.05, 3.63) is 52.0 Å². The second-order valence-electron chi connectivity index (χ2n) is 6.34. The zero-order chi connectivity index (χ0) is 21.8. The third kappa shape index (κ3) is 5.22. The van der Waals surface area contributed by atoms with Crippen LogP contribution in [0.25, 0.3) is 0 Å². The number of benzene rings is 2. The van der Waals surface area contributed by atoms with Gasteiger partial charge in [-0.25, -0.2) is 8.42 Å². The Balaban J connectivity index is 2.49. The van der Waals surface area contributed by atoms with Crippen molar-refractivity contribution in [1.29, 1.82) is 0 Å². The summed E-state index contributed by atoms with van der Waals surface area (Å²) in [5.41, 5.74) is 1.29. The molecule has 0 fully saturated rings. The number of nitrogens with zero attached hydrogens (tertiary/aromatic N) is 1. The summed E-state index contributed by atoms with van der Waals surface area (Å²) in [5.74, 6) is 0.135. The van der Waals surface area contributed by atoms with Crippen LogP contribution in [0.1, 0.15) is 35.8 Å². The first-order valence-corrected chi connectivity index (χ1v) is 11.3. The first kappa shape index (κ1) is 23.0. The Labute approximate surface area is 180 Å². The zero-order valence-corrected chi connectivity index (χ0v) is 19.4. The van der Waals surface area contributed by atoms with Gasteiger partial charge >= 0.3 is 0 Å². The second-order valence-corrected chi connectivity index (χ2v) is 9.55. The fraction of sp³-hybridized carbons (Fsp3) is 0.350. The lowest BCUT2D eigenvalue weighted by molar-refractivity contribution is 0.0940. The number of rotatable bonds is 8. The van der Waals surface area contributed by atoms with Gasteiger partial charge in [-0.1, -0.05) is 28.1 Å². The molecule has 0 saturated heterocycles. The molecular weight excluding hydrogens is 460 g/mol. The minimum absolute atomic E-state index is 0.104. The summed E-state index contributed by atoms with van der Waals surface area (Å²) in [6.45, 7) is 3.40. The molecule has 1 N–H and O–H groups in total. The number of hydrogen-bond donors (Lipinski definition) is 1. The van der Waals surface area contributed by atoms with Gasteiger partial charge in [-0.05, 0) is 37.6 Å². The van der Waals surface area contributed by atoms with Crippen LogP contribution in [0, 0.1) is 0 Å². The second kappa shape index (κ2) is 9.49. The van der Waals surface area contributed by atoms with Crippen molar-refractivity contribution in [3.8, 4) is 11.5 Å². The molecule has 0 saturated carbocycles. The van der Waals surface area contributed by atoms with Gasteiger partial charge in [0.1, 0.15) is 0 Å². The Kier molecular flexibility index (Phi) is 7.54. The van der Waals surface area contributed by atoms with Crippen LogP contribution in [-0.4, -0.2) is 41.3 Å². The lowest BCUT2D eigenvalue weighted by Gasteiger charge is -2.24. The quantitative estimate of drug-likeness (QED) is 0.616. The Hall–Kier alpha value is -2.26. The van der Waals surface area contributed by atoms with Crippen molar-refractivity contribution in [2.75, 3.05) is 31.3 Å². The lowest BCUT2D eigenvalue weighted by Crippen LogP contribution is -2.32. The van der Waals surface area contributed by atoms with Crippen LogP contribution in [0.4, 0.5) is 5.69 Å². The van der Waals surface area contributed by atoms with Gasteiger partial charge in [-0.15, -0.1) is 0 Å². The van der Waals surface area contributed by atoms with E-state index < -0.39 is 15.9 Å². The van der Waals surface area contributed by atoms with Crippen molar-refractivity contribution in [3.63, 3.8) is 0 Å². The first-order valence-electron chi connectivity index (χ1n) is 8.93. The molecule has 158 valence electrons. The van der Waals surface area contributed by atoms with Crippen molar-refractivity contribution in [1.82, 2.24) is 5.32 Å². The predicted octanol–water partition coefficient (Wildman–Crippen LogP) is 3.74. The molecule has 2 aromatic carbocycles. The summed E-state index contributed by atoms with van der Waals surface area (Å²) < 4.78 is 37.4. The molecule has 0 aliphatic rings. The summed E-state index contributed by atoms with van der Waals surface area (Å²) in [6, 6.07) is 10.3. The molecule has 1 atom stereocenters. The summed E-state index contributed by atoms with van der Waals surface area (Å²) in [6.07, 6.45) is 0. The van der Waals surface area contributed by atoms with Crippen LogP contribution in [-0.2, 0) is 10.0 Å². The van der Waals surface area contributed by atoms with E-state index in [2.05, 4.69) is 21.2 Å². The summed E-state index contributed by atoms with van der Waals surface area (Å²) >= 11 is 3.42. The normalized spacial score (nSPS) is 12.2.